The van der Waals surface area contributed by atoms with Crippen molar-refractivity contribution >= 4 is 5.91 Å². The number of ether oxygens (including phenoxy) is 2. The zero-order valence-electron chi connectivity index (χ0n) is 19.8. The summed E-state index contributed by atoms with van der Waals surface area (Å²) < 4.78 is 11.6. The monoisotopic (exact) mass is 445 g/mol. The first-order valence-corrected chi connectivity index (χ1v) is 12.3. The Labute approximate surface area is 191 Å². The second-order valence-electron chi connectivity index (χ2n) is 10.5. The molecule has 1 heterocycles. The largest absolute Gasteiger partial charge is 0.493 e. The first-order valence-electron chi connectivity index (χ1n) is 12.3. The Kier molecular flexibility index (Phi) is 7.01. The number of hydrogen-bond acceptors (Lipinski definition) is 5. The highest BCUT2D eigenvalue weighted by Gasteiger charge is 2.49. The van der Waals surface area contributed by atoms with Gasteiger partial charge in [0.2, 0.25) is 0 Å². The van der Waals surface area contributed by atoms with Gasteiger partial charge in [-0.2, -0.15) is 0 Å². The molecule has 1 aromatic rings. The molecule has 1 aliphatic heterocycles. The fraction of sp³-hybridized carbons (Fsp3) is 0.731. The summed E-state index contributed by atoms with van der Waals surface area (Å²) >= 11 is 0. The molecule has 1 amide bonds. The van der Waals surface area contributed by atoms with Crippen molar-refractivity contribution in [1.82, 2.24) is 4.90 Å². The average molecular weight is 446 g/mol. The Hall–Kier alpha value is -1.79. The molecule has 4 atom stereocenters. The van der Waals surface area contributed by atoms with Gasteiger partial charge < -0.3 is 24.6 Å². The zero-order valence-corrected chi connectivity index (χ0v) is 19.8. The van der Waals surface area contributed by atoms with Crippen molar-refractivity contribution in [2.24, 2.45) is 17.3 Å². The van der Waals surface area contributed by atoms with Crippen LogP contribution in [0.3, 0.4) is 0 Å². The highest BCUT2D eigenvalue weighted by molar-refractivity contribution is 5.81. The van der Waals surface area contributed by atoms with Crippen LogP contribution in [0.1, 0.15) is 70.3 Å². The number of aliphatic hydroxyl groups is 2. The summed E-state index contributed by atoms with van der Waals surface area (Å²) in [6.45, 7) is 5.45. The molecule has 1 saturated heterocycles. The Bertz CT molecular complexity index is 801. The summed E-state index contributed by atoms with van der Waals surface area (Å²) in [4.78, 5) is 15.0. The number of aliphatic hydroxyl groups excluding tert-OH is 2. The molecular formula is C26H39NO5. The van der Waals surface area contributed by atoms with Gasteiger partial charge in [0.05, 0.1) is 19.8 Å². The van der Waals surface area contributed by atoms with Gasteiger partial charge in [0, 0.05) is 24.4 Å². The van der Waals surface area contributed by atoms with Crippen LogP contribution in [-0.2, 0) is 4.79 Å². The van der Waals surface area contributed by atoms with Crippen LogP contribution in [0.25, 0.3) is 0 Å². The summed E-state index contributed by atoms with van der Waals surface area (Å²) in [6, 6.07) is 5.94. The summed E-state index contributed by atoms with van der Waals surface area (Å²) in [5.41, 5.74) is 0.520. The fourth-order valence-electron chi connectivity index (χ4n) is 5.45. The summed E-state index contributed by atoms with van der Waals surface area (Å²) in [5.74, 6) is 1.86. The van der Waals surface area contributed by atoms with Gasteiger partial charge in [-0.15, -0.1) is 0 Å². The van der Waals surface area contributed by atoms with E-state index in [0.717, 1.165) is 37.0 Å². The van der Waals surface area contributed by atoms with Gasteiger partial charge in [0.25, 0.3) is 5.91 Å². The van der Waals surface area contributed by atoms with E-state index in [9.17, 15) is 15.0 Å². The molecule has 4 rings (SSSR count). The minimum absolute atomic E-state index is 0.0523. The third-order valence-electron chi connectivity index (χ3n) is 8.11. The standard InChI is InChI=1S/C26H39NO5/c1-17(28)26(2)16-27(25(30)24(29)19-7-5-4-6-8-19)14-21(26)20-11-12-22(31-3)23(13-20)32-15-18-9-10-18/h11-13,17-19,21,24,28-29H,4-10,14-16H2,1-3H3/t17-,21+,24-,26?/m1/s1. The summed E-state index contributed by atoms with van der Waals surface area (Å²) in [5, 5.41) is 21.5. The molecule has 0 aromatic heterocycles. The van der Waals surface area contributed by atoms with E-state index >= 15 is 0 Å². The number of nitrogens with zero attached hydrogens (tertiary/aromatic N) is 1. The molecule has 0 spiro atoms. The lowest BCUT2D eigenvalue weighted by Crippen LogP contribution is -2.44. The van der Waals surface area contributed by atoms with Gasteiger partial charge in [0.1, 0.15) is 6.10 Å². The van der Waals surface area contributed by atoms with Crippen LogP contribution < -0.4 is 9.47 Å². The van der Waals surface area contributed by atoms with E-state index in [4.69, 9.17) is 9.47 Å². The lowest BCUT2D eigenvalue weighted by Gasteiger charge is -2.34. The van der Waals surface area contributed by atoms with Crippen LogP contribution in [0, 0.1) is 17.3 Å². The topological polar surface area (TPSA) is 79.2 Å². The predicted molar refractivity (Wildman–Crippen MR) is 123 cm³/mol. The molecule has 1 unspecified atom stereocenters. The molecule has 6 nitrogen and oxygen atoms in total. The number of amides is 1. The maximum atomic E-state index is 13.2. The molecule has 0 bridgehead atoms. The Balaban J connectivity index is 1.55. The van der Waals surface area contributed by atoms with E-state index in [0.29, 0.717) is 31.4 Å². The van der Waals surface area contributed by atoms with Crippen molar-refractivity contribution in [1.29, 1.82) is 0 Å². The highest BCUT2D eigenvalue weighted by Crippen LogP contribution is 2.47. The SMILES string of the molecule is COc1ccc([C@@H]2CN(C(=O)[C@H](O)C3CCCCC3)CC2(C)[C@@H](C)O)cc1OCC1CC1. The third kappa shape index (κ3) is 4.76. The maximum Gasteiger partial charge on any atom is 0.251 e. The second-order valence-corrected chi connectivity index (χ2v) is 10.5. The molecule has 2 saturated carbocycles. The molecule has 178 valence electrons. The van der Waals surface area contributed by atoms with E-state index in [1.165, 1.54) is 19.3 Å². The maximum absolute atomic E-state index is 13.2. The molecule has 0 radical (unpaired) electrons. The molecule has 3 fully saturated rings. The van der Waals surface area contributed by atoms with E-state index in [1.54, 1.807) is 18.9 Å². The number of rotatable bonds is 8. The Morgan fingerprint density at radius 2 is 1.88 bits per heavy atom. The van der Waals surface area contributed by atoms with Crippen molar-refractivity contribution in [2.45, 2.75) is 76.9 Å². The zero-order chi connectivity index (χ0) is 22.9. The normalized spacial score (nSPS) is 28.4. The first kappa shape index (κ1) is 23.4. The van der Waals surface area contributed by atoms with Crippen LogP contribution in [0.15, 0.2) is 18.2 Å². The summed E-state index contributed by atoms with van der Waals surface area (Å²) in [6.07, 6.45) is 6.06. The van der Waals surface area contributed by atoms with Gasteiger partial charge in [0.15, 0.2) is 11.5 Å². The molecule has 1 aromatic carbocycles. The number of methoxy groups -OCH3 is 1. The van der Waals surface area contributed by atoms with E-state index in [2.05, 4.69) is 0 Å². The van der Waals surface area contributed by atoms with E-state index < -0.39 is 17.6 Å². The van der Waals surface area contributed by atoms with Gasteiger partial charge in [-0.05, 0) is 62.1 Å². The number of likely N-dealkylation sites (tertiary alicyclic amines) is 1. The first-order chi connectivity index (χ1) is 15.3. The molecule has 6 heteroatoms. The lowest BCUT2D eigenvalue weighted by atomic mass is 9.72. The molecule has 32 heavy (non-hydrogen) atoms. The van der Waals surface area contributed by atoms with Gasteiger partial charge in [-0.3, -0.25) is 4.79 Å². The minimum atomic E-state index is -0.944. The molecule has 3 aliphatic rings. The third-order valence-corrected chi connectivity index (χ3v) is 8.11. The van der Waals surface area contributed by atoms with Crippen LogP contribution in [0.2, 0.25) is 0 Å². The van der Waals surface area contributed by atoms with Gasteiger partial charge in [-0.25, -0.2) is 0 Å². The second kappa shape index (κ2) is 9.60. The molecule has 2 aliphatic carbocycles. The minimum Gasteiger partial charge on any atom is -0.493 e. The number of hydrogen-bond donors (Lipinski definition) is 2. The summed E-state index contributed by atoms with van der Waals surface area (Å²) in [7, 11) is 1.64. The van der Waals surface area contributed by atoms with Crippen LogP contribution in [-0.4, -0.2) is 60.0 Å². The van der Waals surface area contributed by atoms with Crippen molar-refractivity contribution in [3.05, 3.63) is 23.8 Å². The van der Waals surface area contributed by atoms with Gasteiger partial charge >= 0.3 is 0 Å². The van der Waals surface area contributed by atoms with E-state index in [1.807, 2.05) is 25.1 Å². The predicted octanol–water partition coefficient (Wildman–Crippen LogP) is 3.74. The number of benzene rings is 1. The quantitative estimate of drug-likeness (QED) is 0.637. The van der Waals surface area contributed by atoms with Gasteiger partial charge in [-0.1, -0.05) is 32.3 Å². The highest BCUT2D eigenvalue weighted by atomic mass is 16.5. The fourth-order valence-corrected chi connectivity index (χ4v) is 5.45. The average Bonchev–Trinajstić information content (AvgIpc) is 3.57. The number of carbonyl (C=O) groups excluding carboxylic acids is 1. The van der Waals surface area contributed by atoms with Crippen LogP contribution in [0.4, 0.5) is 0 Å². The molecular weight excluding hydrogens is 406 g/mol. The lowest BCUT2D eigenvalue weighted by molar-refractivity contribution is -0.143. The van der Waals surface area contributed by atoms with Crippen LogP contribution >= 0.6 is 0 Å². The van der Waals surface area contributed by atoms with Crippen molar-refractivity contribution in [3.63, 3.8) is 0 Å². The van der Waals surface area contributed by atoms with Crippen molar-refractivity contribution in [3.8, 4) is 11.5 Å². The van der Waals surface area contributed by atoms with E-state index in [-0.39, 0.29) is 17.7 Å². The Morgan fingerprint density at radius 3 is 2.50 bits per heavy atom. The van der Waals surface area contributed by atoms with Crippen molar-refractivity contribution < 1.29 is 24.5 Å². The van der Waals surface area contributed by atoms with Crippen molar-refractivity contribution in [2.75, 3.05) is 26.8 Å². The molecule has 2 N–H and O–H groups in total. The number of carbonyl (C=O) groups is 1. The smallest absolute Gasteiger partial charge is 0.251 e. The van der Waals surface area contributed by atoms with Crippen LogP contribution in [0.5, 0.6) is 11.5 Å². The Morgan fingerprint density at radius 1 is 1.16 bits per heavy atom.